The number of nitrogens with zero attached hydrogens (tertiary/aromatic N) is 2. The number of guanidine groups is 1. The molecule has 150 valence electrons. The van der Waals surface area contributed by atoms with Crippen molar-refractivity contribution in [1.82, 2.24) is 15.5 Å². The Morgan fingerprint density at radius 3 is 2.32 bits per heavy atom. The van der Waals surface area contributed by atoms with Gasteiger partial charge in [0.1, 0.15) is 0 Å². The van der Waals surface area contributed by atoms with Crippen LogP contribution < -0.4 is 10.6 Å². The predicted octanol–water partition coefficient (Wildman–Crippen LogP) is 2.25. The molecule has 0 spiro atoms. The summed E-state index contributed by atoms with van der Waals surface area (Å²) in [4.78, 5) is 18.9. The Kier molecular flexibility index (Phi) is 8.68. The fraction of sp³-hybridized carbons (Fsp3) is 0.333. The maximum Gasteiger partial charge on any atom is 0.253 e. The summed E-state index contributed by atoms with van der Waals surface area (Å²) in [6, 6.07) is 16.9. The van der Waals surface area contributed by atoms with Gasteiger partial charge in [-0.05, 0) is 36.8 Å². The number of benzene rings is 2. The highest BCUT2D eigenvalue weighted by atomic mass is 32.2. The molecule has 0 saturated carbocycles. The third-order valence-corrected chi connectivity index (χ3v) is 5.33. The van der Waals surface area contributed by atoms with Crippen LogP contribution in [0.4, 0.5) is 0 Å². The smallest absolute Gasteiger partial charge is 0.253 e. The van der Waals surface area contributed by atoms with Crippen molar-refractivity contribution in [3.63, 3.8) is 0 Å². The van der Waals surface area contributed by atoms with Crippen LogP contribution in [0.3, 0.4) is 0 Å². The van der Waals surface area contributed by atoms with Crippen LogP contribution in [-0.2, 0) is 17.3 Å². The molecule has 0 aromatic heterocycles. The Morgan fingerprint density at radius 1 is 1.04 bits per heavy atom. The van der Waals surface area contributed by atoms with Gasteiger partial charge in [0, 0.05) is 43.4 Å². The van der Waals surface area contributed by atoms with E-state index >= 15 is 0 Å². The molecule has 1 unspecified atom stereocenters. The summed E-state index contributed by atoms with van der Waals surface area (Å²) in [7, 11) is 2.44. The lowest BCUT2D eigenvalue weighted by atomic mass is 10.1. The van der Waals surface area contributed by atoms with Gasteiger partial charge in [0.25, 0.3) is 5.91 Å². The molecule has 1 amide bonds. The average Bonchev–Trinajstić information content (AvgIpc) is 2.72. The van der Waals surface area contributed by atoms with Gasteiger partial charge in [0.05, 0.1) is 17.3 Å². The van der Waals surface area contributed by atoms with Crippen LogP contribution in [0.2, 0.25) is 0 Å². The normalized spacial score (nSPS) is 12.3. The first-order valence-electron chi connectivity index (χ1n) is 9.27. The lowest BCUT2D eigenvalue weighted by molar-refractivity contribution is 0.0827. The van der Waals surface area contributed by atoms with E-state index in [1.807, 2.05) is 61.5 Å². The Hall–Kier alpha value is -2.67. The summed E-state index contributed by atoms with van der Waals surface area (Å²) in [6.07, 6.45) is 0. The molecule has 2 aromatic rings. The van der Waals surface area contributed by atoms with Crippen LogP contribution in [0.25, 0.3) is 0 Å². The number of carbonyl (C=O) groups excluding carboxylic acids is 1. The number of aliphatic imine (C=N–C) groups is 1. The Labute approximate surface area is 169 Å². The minimum atomic E-state index is -1.04. The van der Waals surface area contributed by atoms with Crippen molar-refractivity contribution in [2.45, 2.75) is 18.4 Å². The molecule has 28 heavy (non-hydrogen) atoms. The second-order valence-electron chi connectivity index (χ2n) is 6.38. The van der Waals surface area contributed by atoms with Crippen LogP contribution in [0.1, 0.15) is 22.8 Å². The van der Waals surface area contributed by atoms with Gasteiger partial charge >= 0.3 is 0 Å². The SMILES string of the molecule is CCNC(=NCc1ccc(C(=O)N(C)C)cc1)NCCS(=O)c1ccccc1. The average molecular weight is 401 g/mol. The van der Waals surface area contributed by atoms with Gasteiger partial charge in [-0.25, -0.2) is 4.99 Å². The first-order chi connectivity index (χ1) is 13.5. The summed E-state index contributed by atoms with van der Waals surface area (Å²) >= 11 is 0. The number of amides is 1. The van der Waals surface area contributed by atoms with E-state index in [0.29, 0.717) is 30.4 Å². The maximum absolute atomic E-state index is 12.3. The molecule has 0 radical (unpaired) electrons. The van der Waals surface area contributed by atoms with Crippen molar-refractivity contribution in [2.75, 3.05) is 32.9 Å². The van der Waals surface area contributed by atoms with Crippen molar-refractivity contribution >= 4 is 22.7 Å². The zero-order chi connectivity index (χ0) is 20.4. The molecular formula is C21H28N4O2S. The molecule has 0 fully saturated rings. The van der Waals surface area contributed by atoms with Gasteiger partial charge in [0.15, 0.2) is 5.96 Å². The monoisotopic (exact) mass is 400 g/mol. The highest BCUT2D eigenvalue weighted by molar-refractivity contribution is 7.85. The van der Waals surface area contributed by atoms with E-state index in [-0.39, 0.29) is 5.91 Å². The van der Waals surface area contributed by atoms with Crippen molar-refractivity contribution < 1.29 is 9.00 Å². The number of carbonyl (C=O) groups is 1. The van der Waals surface area contributed by atoms with E-state index in [1.165, 1.54) is 0 Å². The summed E-state index contributed by atoms with van der Waals surface area (Å²) in [5.74, 6) is 1.17. The summed E-state index contributed by atoms with van der Waals surface area (Å²) in [6.45, 7) is 3.79. The Balaban J connectivity index is 1.89. The summed E-state index contributed by atoms with van der Waals surface area (Å²) in [5.41, 5.74) is 1.67. The quantitative estimate of drug-likeness (QED) is 0.527. The standard InChI is InChI=1S/C21H28N4O2S/c1-4-22-21(23-14-15-28(27)19-8-6-5-7-9-19)24-16-17-10-12-18(13-11-17)20(26)25(2)3/h5-13H,4,14-16H2,1-3H3,(H2,22,23,24). The van der Waals surface area contributed by atoms with Crippen molar-refractivity contribution in [3.8, 4) is 0 Å². The van der Waals surface area contributed by atoms with Gasteiger partial charge in [0.2, 0.25) is 0 Å². The second kappa shape index (κ2) is 11.2. The molecule has 7 heteroatoms. The fourth-order valence-electron chi connectivity index (χ4n) is 2.48. The van der Waals surface area contributed by atoms with Crippen molar-refractivity contribution in [1.29, 1.82) is 0 Å². The Morgan fingerprint density at radius 2 is 1.71 bits per heavy atom. The molecule has 0 aliphatic rings. The minimum absolute atomic E-state index is 0.0172. The first kappa shape index (κ1) is 21.6. The van der Waals surface area contributed by atoms with E-state index in [1.54, 1.807) is 19.0 Å². The highest BCUT2D eigenvalue weighted by Crippen LogP contribution is 2.08. The molecule has 2 N–H and O–H groups in total. The zero-order valence-electron chi connectivity index (χ0n) is 16.6. The van der Waals surface area contributed by atoms with Gasteiger partial charge in [-0.1, -0.05) is 30.3 Å². The molecule has 1 atom stereocenters. The molecule has 6 nitrogen and oxygen atoms in total. The van der Waals surface area contributed by atoms with E-state index in [9.17, 15) is 9.00 Å². The van der Waals surface area contributed by atoms with Crippen LogP contribution >= 0.6 is 0 Å². The van der Waals surface area contributed by atoms with Crippen LogP contribution in [0, 0.1) is 0 Å². The van der Waals surface area contributed by atoms with E-state index in [4.69, 9.17) is 0 Å². The van der Waals surface area contributed by atoms with Gasteiger partial charge < -0.3 is 15.5 Å². The first-order valence-corrected chi connectivity index (χ1v) is 10.6. The van der Waals surface area contributed by atoms with E-state index in [0.717, 1.165) is 17.0 Å². The van der Waals surface area contributed by atoms with Gasteiger partial charge in [-0.2, -0.15) is 0 Å². The third-order valence-electron chi connectivity index (χ3n) is 3.96. The summed E-state index contributed by atoms with van der Waals surface area (Å²) in [5, 5.41) is 6.41. The third kappa shape index (κ3) is 6.81. The van der Waals surface area contributed by atoms with E-state index in [2.05, 4.69) is 15.6 Å². The largest absolute Gasteiger partial charge is 0.357 e. The lowest BCUT2D eigenvalue weighted by Crippen LogP contribution is -2.39. The maximum atomic E-state index is 12.3. The topological polar surface area (TPSA) is 73.8 Å². The fourth-order valence-corrected chi connectivity index (χ4v) is 3.46. The molecule has 0 aliphatic heterocycles. The van der Waals surface area contributed by atoms with Crippen LogP contribution in [0.15, 0.2) is 64.5 Å². The highest BCUT2D eigenvalue weighted by Gasteiger charge is 2.07. The molecule has 0 saturated heterocycles. The molecule has 0 heterocycles. The molecular weight excluding hydrogens is 372 g/mol. The Bertz CT molecular complexity index is 805. The van der Waals surface area contributed by atoms with Crippen molar-refractivity contribution in [3.05, 3.63) is 65.7 Å². The van der Waals surface area contributed by atoms with Crippen LogP contribution in [-0.4, -0.2) is 53.9 Å². The number of nitrogens with one attached hydrogen (secondary N) is 2. The molecule has 2 rings (SSSR count). The van der Waals surface area contributed by atoms with Crippen LogP contribution in [0.5, 0.6) is 0 Å². The lowest BCUT2D eigenvalue weighted by Gasteiger charge is -2.12. The zero-order valence-corrected chi connectivity index (χ0v) is 17.5. The molecule has 0 aliphatic carbocycles. The minimum Gasteiger partial charge on any atom is -0.357 e. The van der Waals surface area contributed by atoms with Gasteiger partial charge in [-0.3, -0.25) is 9.00 Å². The van der Waals surface area contributed by atoms with Crippen molar-refractivity contribution in [2.24, 2.45) is 4.99 Å². The number of hydrogen-bond donors (Lipinski definition) is 2. The number of hydrogen-bond acceptors (Lipinski definition) is 3. The summed E-state index contributed by atoms with van der Waals surface area (Å²) < 4.78 is 12.3. The molecule has 0 bridgehead atoms. The molecule has 2 aromatic carbocycles. The predicted molar refractivity (Wildman–Crippen MR) is 115 cm³/mol. The van der Waals surface area contributed by atoms with Gasteiger partial charge in [-0.15, -0.1) is 0 Å². The second-order valence-corrected chi connectivity index (χ2v) is 7.95. The van der Waals surface area contributed by atoms with E-state index < -0.39 is 10.8 Å². The number of rotatable bonds is 8.